The lowest BCUT2D eigenvalue weighted by atomic mass is 10.3. The molecule has 0 aliphatic carbocycles. The molecule has 0 saturated carbocycles. The third-order valence-corrected chi connectivity index (χ3v) is 1.72. The zero-order chi connectivity index (χ0) is 8.10. The summed E-state index contributed by atoms with van der Waals surface area (Å²) in [6.45, 7) is 3.98. The molecule has 3 nitrogen and oxygen atoms in total. The highest BCUT2D eigenvalue weighted by molar-refractivity contribution is 4.77. The van der Waals surface area contributed by atoms with E-state index in [-0.39, 0.29) is 6.10 Å². The first-order valence-corrected chi connectivity index (χ1v) is 4.22. The van der Waals surface area contributed by atoms with E-state index >= 15 is 0 Å². The maximum Gasteiger partial charge on any atom is 0.109 e. The molecule has 1 aliphatic rings. The van der Waals surface area contributed by atoms with Gasteiger partial charge in [-0.05, 0) is 6.42 Å². The van der Waals surface area contributed by atoms with Crippen molar-refractivity contribution in [2.75, 3.05) is 19.8 Å². The number of aliphatic hydroxyl groups excluding tert-OH is 1. The molecule has 0 aromatic heterocycles. The first-order valence-electron chi connectivity index (χ1n) is 4.22. The van der Waals surface area contributed by atoms with Crippen LogP contribution in [0, 0.1) is 0 Å². The number of hydrogen-bond acceptors (Lipinski definition) is 3. The molecular weight excluding hydrogens is 144 g/mol. The fourth-order valence-electron chi connectivity index (χ4n) is 0.836. The van der Waals surface area contributed by atoms with Gasteiger partial charge in [-0.3, -0.25) is 0 Å². The zero-order valence-electron chi connectivity index (χ0n) is 6.95. The van der Waals surface area contributed by atoms with Crippen molar-refractivity contribution in [1.82, 2.24) is 0 Å². The summed E-state index contributed by atoms with van der Waals surface area (Å²) >= 11 is 0. The average Bonchev–Trinajstić information content (AvgIpc) is 2.79. The van der Waals surface area contributed by atoms with Gasteiger partial charge in [-0.15, -0.1) is 0 Å². The number of unbranched alkanes of at least 4 members (excludes halogenated alkanes) is 1. The van der Waals surface area contributed by atoms with E-state index in [0.29, 0.717) is 13.2 Å². The second-order valence-electron chi connectivity index (χ2n) is 2.87. The van der Waals surface area contributed by atoms with Crippen LogP contribution in [0.3, 0.4) is 0 Å². The zero-order valence-corrected chi connectivity index (χ0v) is 6.95. The highest BCUT2D eigenvalue weighted by Crippen LogP contribution is 2.13. The Bertz CT molecular complexity index is 102. The third-order valence-electron chi connectivity index (χ3n) is 1.72. The molecule has 3 heteroatoms. The summed E-state index contributed by atoms with van der Waals surface area (Å²) in [6, 6.07) is 0. The first kappa shape index (κ1) is 8.97. The van der Waals surface area contributed by atoms with Gasteiger partial charge in [0.15, 0.2) is 0 Å². The molecule has 0 spiro atoms. The van der Waals surface area contributed by atoms with Crippen LogP contribution >= 0.6 is 0 Å². The van der Waals surface area contributed by atoms with Gasteiger partial charge >= 0.3 is 0 Å². The molecule has 2 unspecified atom stereocenters. The van der Waals surface area contributed by atoms with Crippen LogP contribution < -0.4 is 0 Å². The molecule has 1 fully saturated rings. The van der Waals surface area contributed by atoms with Crippen molar-refractivity contribution in [1.29, 1.82) is 0 Å². The Kier molecular flexibility index (Phi) is 3.83. The van der Waals surface area contributed by atoms with Crippen molar-refractivity contribution >= 4 is 0 Å². The lowest BCUT2D eigenvalue weighted by molar-refractivity contribution is 0.0212. The minimum absolute atomic E-state index is 0.0524. The largest absolute Gasteiger partial charge is 0.388 e. The van der Waals surface area contributed by atoms with E-state index in [4.69, 9.17) is 9.47 Å². The molecule has 2 atom stereocenters. The van der Waals surface area contributed by atoms with Gasteiger partial charge in [0.05, 0.1) is 13.2 Å². The Morgan fingerprint density at radius 3 is 3.00 bits per heavy atom. The van der Waals surface area contributed by atoms with Crippen LogP contribution in [-0.2, 0) is 9.47 Å². The fourth-order valence-corrected chi connectivity index (χ4v) is 0.836. The molecule has 1 N–H and O–H groups in total. The van der Waals surface area contributed by atoms with Crippen LogP contribution in [0.4, 0.5) is 0 Å². The molecule has 11 heavy (non-hydrogen) atoms. The fraction of sp³-hybridized carbons (Fsp3) is 1.00. The topological polar surface area (TPSA) is 42.0 Å². The number of rotatable bonds is 6. The van der Waals surface area contributed by atoms with E-state index in [2.05, 4.69) is 6.92 Å². The molecule has 1 aliphatic heterocycles. The van der Waals surface area contributed by atoms with Gasteiger partial charge in [-0.1, -0.05) is 13.3 Å². The van der Waals surface area contributed by atoms with Crippen molar-refractivity contribution in [3.8, 4) is 0 Å². The number of epoxide rings is 1. The number of ether oxygens (including phenoxy) is 2. The summed E-state index contributed by atoms with van der Waals surface area (Å²) in [7, 11) is 0. The molecule has 0 radical (unpaired) electrons. The highest BCUT2D eigenvalue weighted by Gasteiger charge is 2.31. The van der Waals surface area contributed by atoms with E-state index in [1.165, 1.54) is 0 Å². The standard InChI is InChI=1S/C8H16O3/c1-2-3-4-10-5-7(9)8-6-11-8/h7-9H,2-6H2,1H3. The van der Waals surface area contributed by atoms with Crippen molar-refractivity contribution in [2.45, 2.75) is 32.0 Å². The molecule has 1 saturated heterocycles. The number of hydrogen-bond donors (Lipinski definition) is 1. The monoisotopic (exact) mass is 160 g/mol. The predicted octanol–water partition coefficient (Wildman–Crippen LogP) is 0.563. The summed E-state index contributed by atoms with van der Waals surface area (Å²) < 4.78 is 10.1. The van der Waals surface area contributed by atoms with Crippen LogP contribution in [0.2, 0.25) is 0 Å². The van der Waals surface area contributed by atoms with E-state index in [1.807, 2.05) is 0 Å². The third kappa shape index (κ3) is 3.70. The minimum atomic E-state index is -0.410. The smallest absolute Gasteiger partial charge is 0.109 e. The van der Waals surface area contributed by atoms with Gasteiger partial charge in [0, 0.05) is 6.61 Å². The maximum atomic E-state index is 9.24. The second kappa shape index (κ2) is 4.70. The van der Waals surface area contributed by atoms with Crippen molar-refractivity contribution in [3.05, 3.63) is 0 Å². The van der Waals surface area contributed by atoms with Gasteiger partial charge in [-0.25, -0.2) is 0 Å². The Morgan fingerprint density at radius 2 is 2.45 bits per heavy atom. The Balaban J connectivity index is 1.85. The Hall–Kier alpha value is -0.120. The Labute approximate surface area is 67.3 Å². The molecule has 0 aromatic carbocycles. The van der Waals surface area contributed by atoms with Crippen LogP contribution in [0.15, 0.2) is 0 Å². The van der Waals surface area contributed by atoms with E-state index < -0.39 is 6.10 Å². The van der Waals surface area contributed by atoms with Gasteiger partial charge in [0.25, 0.3) is 0 Å². The van der Waals surface area contributed by atoms with Crippen molar-refractivity contribution < 1.29 is 14.6 Å². The molecule has 1 heterocycles. The second-order valence-corrected chi connectivity index (χ2v) is 2.87. The molecule has 0 aromatic rings. The summed E-state index contributed by atoms with van der Waals surface area (Å²) in [5, 5.41) is 9.24. The summed E-state index contributed by atoms with van der Waals surface area (Å²) in [5.41, 5.74) is 0. The van der Waals surface area contributed by atoms with E-state index in [9.17, 15) is 5.11 Å². The number of aliphatic hydroxyl groups is 1. The highest BCUT2D eigenvalue weighted by atomic mass is 16.6. The lowest BCUT2D eigenvalue weighted by Gasteiger charge is -2.07. The van der Waals surface area contributed by atoms with Gasteiger partial charge in [0.2, 0.25) is 0 Å². The van der Waals surface area contributed by atoms with Crippen LogP contribution in [0.25, 0.3) is 0 Å². The predicted molar refractivity (Wildman–Crippen MR) is 41.5 cm³/mol. The van der Waals surface area contributed by atoms with Crippen molar-refractivity contribution in [3.63, 3.8) is 0 Å². The lowest BCUT2D eigenvalue weighted by Crippen LogP contribution is -2.21. The maximum absolute atomic E-state index is 9.24. The van der Waals surface area contributed by atoms with Crippen LogP contribution in [-0.4, -0.2) is 37.1 Å². The molecule has 1 rings (SSSR count). The normalized spacial score (nSPS) is 25.1. The van der Waals surface area contributed by atoms with E-state index in [0.717, 1.165) is 19.4 Å². The molecule has 0 amide bonds. The quantitative estimate of drug-likeness (QED) is 0.456. The van der Waals surface area contributed by atoms with E-state index in [1.54, 1.807) is 0 Å². The summed E-state index contributed by atoms with van der Waals surface area (Å²) in [5.74, 6) is 0. The summed E-state index contributed by atoms with van der Waals surface area (Å²) in [6.07, 6.45) is 1.84. The van der Waals surface area contributed by atoms with Crippen LogP contribution in [0.5, 0.6) is 0 Å². The van der Waals surface area contributed by atoms with Gasteiger partial charge in [0.1, 0.15) is 12.2 Å². The SMILES string of the molecule is CCCCOCC(O)C1CO1. The van der Waals surface area contributed by atoms with Crippen LogP contribution in [0.1, 0.15) is 19.8 Å². The average molecular weight is 160 g/mol. The minimum Gasteiger partial charge on any atom is -0.388 e. The first-order chi connectivity index (χ1) is 5.34. The molecule has 66 valence electrons. The Morgan fingerprint density at radius 1 is 1.73 bits per heavy atom. The summed E-state index contributed by atoms with van der Waals surface area (Å²) in [4.78, 5) is 0. The van der Waals surface area contributed by atoms with Crippen molar-refractivity contribution in [2.24, 2.45) is 0 Å². The van der Waals surface area contributed by atoms with Gasteiger partial charge < -0.3 is 14.6 Å². The van der Waals surface area contributed by atoms with Gasteiger partial charge in [-0.2, -0.15) is 0 Å². The molecule has 0 bridgehead atoms. The molecular formula is C8H16O3.